The second-order valence-corrected chi connectivity index (χ2v) is 8.53. The van der Waals surface area contributed by atoms with Gasteiger partial charge in [0.1, 0.15) is 11.4 Å². The second-order valence-electron chi connectivity index (χ2n) is 7.47. The highest BCUT2D eigenvalue weighted by atomic mass is 32.2. The number of aromatic nitrogens is 4. The normalized spacial score (nSPS) is 10.9. The van der Waals surface area contributed by atoms with Gasteiger partial charge in [-0.1, -0.05) is 25.6 Å². The van der Waals surface area contributed by atoms with Crippen molar-refractivity contribution >= 4 is 40.2 Å². The summed E-state index contributed by atoms with van der Waals surface area (Å²) in [5, 5.41) is 23.4. The Bertz CT molecular complexity index is 1200. The molecule has 2 aromatic heterocycles. The molecule has 0 spiro atoms. The van der Waals surface area contributed by atoms with Crippen LogP contribution in [0.15, 0.2) is 23.5 Å². The van der Waals surface area contributed by atoms with Gasteiger partial charge in [-0.25, -0.2) is 14.6 Å². The molecule has 0 fully saturated rings. The van der Waals surface area contributed by atoms with E-state index in [1.165, 1.54) is 26.4 Å². The summed E-state index contributed by atoms with van der Waals surface area (Å²) >= 11 is 1.57. The molecule has 0 radical (unpaired) electrons. The van der Waals surface area contributed by atoms with E-state index in [4.69, 9.17) is 9.47 Å². The van der Waals surface area contributed by atoms with Crippen molar-refractivity contribution in [3.05, 3.63) is 34.0 Å². The number of nitro groups is 1. The summed E-state index contributed by atoms with van der Waals surface area (Å²) in [6.45, 7) is 5.44. The monoisotopic (exact) mass is 503 g/mol. The highest BCUT2D eigenvalue weighted by molar-refractivity contribution is 7.99. The predicted octanol–water partition coefficient (Wildman–Crippen LogP) is 3.51. The van der Waals surface area contributed by atoms with Crippen LogP contribution in [0.1, 0.15) is 37.0 Å². The number of methoxy groups -OCH3 is 2. The number of anilines is 1. The summed E-state index contributed by atoms with van der Waals surface area (Å²) in [5.41, 5.74) is 0.162. The van der Waals surface area contributed by atoms with Crippen molar-refractivity contribution in [2.45, 2.75) is 38.4 Å². The van der Waals surface area contributed by atoms with Crippen LogP contribution in [-0.4, -0.2) is 63.6 Å². The maximum Gasteiger partial charge on any atom is 0.286 e. The number of carbonyl (C=O) groups excluding carboxylic acids is 1. The van der Waals surface area contributed by atoms with E-state index in [0.717, 1.165) is 36.3 Å². The van der Waals surface area contributed by atoms with E-state index in [2.05, 4.69) is 39.5 Å². The van der Waals surface area contributed by atoms with Gasteiger partial charge >= 0.3 is 0 Å². The number of carbonyl (C=O) groups is 1. The standard InChI is InChI=1S/C22H29N7O5S/c1-5-7-23-19-15-13-25-28(20(15)27-22(26-19)35-10-6-2)9-8-24-21(30)14-11-17(33-3)18(34-4)12-16(14)29(31)32/h11-13H,5-10H2,1-4H3,(H,24,30)(H,23,26,27). The average Bonchev–Trinajstić information content (AvgIpc) is 3.27. The molecule has 2 heterocycles. The van der Waals surface area contributed by atoms with Crippen LogP contribution >= 0.6 is 11.8 Å². The molecule has 0 bridgehead atoms. The Morgan fingerprint density at radius 1 is 1.14 bits per heavy atom. The number of thioether (sulfide) groups is 1. The number of hydrogen-bond donors (Lipinski definition) is 2. The van der Waals surface area contributed by atoms with Crippen LogP contribution in [-0.2, 0) is 6.54 Å². The van der Waals surface area contributed by atoms with Gasteiger partial charge < -0.3 is 20.1 Å². The van der Waals surface area contributed by atoms with Gasteiger partial charge in [-0.05, 0) is 12.8 Å². The van der Waals surface area contributed by atoms with Crippen molar-refractivity contribution in [1.82, 2.24) is 25.1 Å². The zero-order valence-electron chi connectivity index (χ0n) is 20.2. The SMILES string of the molecule is CCCNc1nc(SCCC)nc2c1cnn2CCNC(=O)c1cc(OC)c(OC)cc1[N+](=O)[O-]. The molecule has 0 unspecified atom stereocenters. The molecule has 0 saturated heterocycles. The molecule has 0 atom stereocenters. The summed E-state index contributed by atoms with van der Waals surface area (Å²) in [4.78, 5) is 33.0. The zero-order chi connectivity index (χ0) is 25.4. The van der Waals surface area contributed by atoms with Gasteiger partial charge in [0, 0.05) is 24.9 Å². The first-order valence-electron chi connectivity index (χ1n) is 11.2. The Labute approximate surface area is 206 Å². The van der Waals surface area contributed by atoms with Crippen molar-refractivity contribution in [3.63, 3.8) is 0 Å². The number of nitrogens with zero attached hydrogens (tertiary/aromatic N) is 5. The zero-order valence-corrected chi connectivity index (χ0v) is 21.0. The fourth-order valence-electron chi connectivity index (χ4n) is 3.31. The van der Waals surface area contributed by atoms with E-state index in [0.29, 0.717) is 17.3 Å². The predicted molar refractivity (Wildman–Crippen MR) is 134 cm³/mol. The number of rotatable bonds is 13. The Morgan fingerprint density at radius 3 is 2.54 bits per heavy atom. The lowest BCUT2D eigenvalue weighted by molar-refractivity contribution is -0.385. The van der Waals surface area contributed by atoms with Crippen LogP contribution in [0, 0.1) is 10.1 Å². The van der Waals surface area contributed by atoms with Crippen LogP contribution in [0.25, 0.3) is 11.0 Å². The van der Waals surface area contributed by atoms with E-state index in [-0.39, 0.29) is 29.3 Å². The van der Waals surface area contributed by atoms with Crippen LogP contribution in [0.5, 0.6) is 11.5 Å². The molecule has 1 amide bonds. The topological polar surface area (TPSA) is 146 Å². The first-order valence-corrected chi connectivity index (χ1v) is 12.2. The van der Waals surface area contributed by atoms with Crippen LogP contribution in [0.2, 0.25) is 0 Å². The molecule has 0 aliphatic carbocycles. The molecular weight excluding hydrogens is 474 g/mol. The molecule has 35 heavy (non-hydrogen) atoms. The number of amides is 1. The van der Waals surface area contributed by atoms with Crippen molar-refractivity contribution < 1.29 is 19.2 Å². The molecule has 188 valence electrons. The minimum Gasteiger partial charge on any atom is -0.493 e. The fraction of sp³-hybridized carbons (Fsp3) is 0.455. The summed E-state index contributed by atoms with van der Waals surface area (Å²) < 4.78 is 12.0. The van der Waals surface area contributed by atoms with E-state index < -0.39 is 10.8 Å². The van der Waals surface area contributed by atoms with Gasteiger partial charge in [0.05, 0.1) is 43.3 Å². The highest BCUT2D eigenvalue weighted by Gasteiger charge is 2.24. The fourth-order valence-corrected chi connectivity index (χ4v) is 4.00. The number of fused-ring (bicyclic) bond motifs is 1. The Morgan fingerprint density at radius 2 is 1.89 bits per heavy atom. The third-order valence-electron chi connectivity index (χ3n) is 5.01. The first kappa shape index (κ1) is 26.0. The first-order chi connectivity index (χ1) is 16.9. The van der Waals surface area contributed by atoms with Gasteiger partial charge in [-0.15, -0.1) is 0 Å². The minimum atomic E-state index is -0.630. The van der Waals surface area contributed by atoms with Crippen LogP contribution in [0.3, 0.4) is 0 Å². The summed E-state index contributed by atoms with van der Waals surface area (Å²) in [6, 6.07) is 2.47. The minimum absolute atomic E-state index is 0.121. The number of nitrogens with one attached hydrogen (secondary N) is 2. The van der Waals surface area contributed by atoms with Gasteiger partial charge in [-0.2, -0.15) is 5.10 Å². The molecule has 0 aliphatic heterocycles. The molecule has 1 aromatic carbocycles. The third kappa shape index (κ3) is 6.10. The molecule has 12 nitrogen and oxygen atoms in total. The molecule has 3 aromatic rings. The maximum absolute atomic E-state index is 12.8. The van der Waals surface area contributed by atoms with Crippen molar-refractivity contribution in [2.24, 2.45) is 0 Å². The quantitative estimate of drug-likeness (QED) is 0.154. The van der Waals surface area contributed by atoms with Gasteiger partial charge in [0.2, 0.25) is 0 Å². The largest absolute Gasteiger partial charge is 0.493 e. The van der Waals surface area contributed by atoms with E-state index >= 15 is 0 Å². The van der Waals surface area contributed by atoms with E-state index in [9.17, 15) is 14.9 Å². The van der Waals surface area contributed by atoms with E-state index in [1.54, 1.807) is 22.6 Å². The Balaban J connectivity index is 1.80. The lowest BCUT2D eigenvalue weighted by atomic mass is 10.1. The van der Waals surface area contributed by atoms with Crippen molar-refractivity contribution in [1.29, 1.82) is 0 Å². The smallest absolute Gasteiger partial charge is 0.286 e. The van der Waals surface area contributed by atoms with Gasteiger partial charge in [0.15, 0.2) is 22.3 Å². The third-order valence-corrected chi connectivity index (χ3v) is 6.06. The molecule has 0 aliphatic rings. The van der Waals surface area contributed by atoms with E-state index in [1.807, 2.05) is 0 Å². The summed E-state index contributed by atoms with van der Waals surface area (Å²) in [7, 11) is 2.77. The van der Waals surface area contributed by atoms with Crippen molar-refractivity contribution in [3.8, 4) is 11.5 Å². The second kappa shape index (κ2) is 12.2. The van der Waals surface area contributed by atoms with Crippen molar-refractivity contribution in [2.75, 3.05) is 38.4 Å². The summed E-state index contributed by atoms with van der Waals surface area (Å²) in [5.74, 6) is 1.41. The molecule has 0 saturated carbocycles. The maximum atomic E-state index is 12.8. The van der Waals surface area contributed by atoms with Gasteiger partial charge in [0.25, 0.3) is 11.6 Å². The van der Waals surface area contributed by atoms with Crippen LogP contribution < -0.4 is 20.1 Å². The molecular formula is C22H29N7O5S. The number of benzene rings is 1. The Hall–Kier alpha value is -3.61. The molecule has 3 rings (SSSR count). The lowest BCUT2D eigenvalue weighted by Gasteiger charge is -2.11. The van der Waals surface area contributed by atoms with Gasteiger partial charge in [-0.3, -0.25) is 14.9 Å². The number of nitro benzene ring substituents is 1. The molecule has 13 heteroatoms. The number of hydrogen-bond acceptors (Lipinski definition) is 10. The molecule has 2 N–H and O–H groups in total. The summed E-state index contributed by atoms with van der Waals surface area (Å²) in [6.07, 6.45) is 3.64. The number of ether oxygens (including phenoxy) is 2. The Kier molecular flexibility index (Phi) is 9.06. The lowest BCUT2D eigenvalue weighted by Crippen LogP contribution is -2.28. The average molecular weight is 504 g/mol. The highest BCUT2D eigenvalue weighted by Crippen LogP contribution is 2.34. The van der Waals surface area contributed by atoms with Crippen LogP contribution in [0.4, 0.5) is 11.5 Å².